The molecule has 26 heavy (non-hydrogen) atoms. The Kier molecular flexibility index (Phi) is 5.68. The van der Waals surface area contributed by atoms with Crippen LogP contribution in [-0.2, 0) is 0 Å². The van der Waals surface area contributed by atoms with E-state index in [1.54, 1.807) is 18.4 Å². The van der Waals surface area contributed by atoms with Gasteiger partial charge in [-0.3, -0.25) is 5.43 Å². The van der Waals surface area contributed by atoms with Gasteiger partial charge in [-0.25, -0.2) is 4.98 Å². The van der Waals surface area contributed by atoms with Crippen LogP contribution in [0.15, 0.2) is 52.9 Å². The van der Waals surface area contributed by atoms with Gasteiger partial charge in [0.15, 0.2) is 0 Å². The summed E-state index contributed by atoms with van der Waals surface area (Å²) in [5, 5.41) is 7.17. The van der Waals surface area contributed by atoms with Crippen LogP contribution in [0.2, 0.25) is 0 Å². The Hall–Kier alpha value is -2.66. The lowest BCUT2D eigenvalue weighted by Crippen LogP contribution is -1.99. The summed E-state index contributed by atoms with van der Waals surface area (Å²) in [6.45, 7) is 6.38. The molecule has 0 aliphatic carbocycles. The van der Waals surface area contributed by atoms with Crippen molar-refractivity contribution >= 4 is 22.7 Å². The molecule has 0 aliphatic heterocycles. The lowest BCUT2D eigenvalue weighted by Gasteiger charge is -2.14. The lowest BCUT2D eigenvalue weighted by atomic mass is 9.97. The Morgan fingerprint density at radius 2 is 1.96 bits per heavy atom. The molecule has 0 radical (unpaired) electrons. The van der Waals surface area contributed by atoms with Crippen molar-refractivity contribution in [3.8, 4) is 17.0 Å². The maximum Gasteiger partial charge on any atom is 0.203 e. The number of hydrazone groups is 1. The monoisotopic (exact) mass is 365 g/mol. The summed E-state index contributed by atoms with van der Waals surface area (Å²) < 4.78 is 5.49. The average Bonchev–Trinajstić information content (AvgIpc) is 3.12. The minimum Gasteiger partial charge on any atom is -0.496 e. The SMILES string of the molecule is COc1cc(C)c(C=NNc2nc(-c3ccccc3)cs2)cc1C(C)C. The third-order valence-corrected chi connectivity index (χ3v) is 4.92. The van der Waals surface area contributed by atoms with Gasteiger partial charge in [0.05, 0.1) is 19.0 Å². The van der Waals surface area contributed by atoms with E-state index < -0.39 is 0 Å². The highest BCUT2D eigenvalue weighted by Crippen LogP contribution is 2.29. The molecule has 0 unspecified atom stereocenters. The van der Waals surface area contributed by atoms with E-state index in [9.17, 15) is 0 Å². The van der Waals surface area contributed by atoms with Crippen molar-refractivity contribution in [2.24, 2.45) is 5.10 Å². The van der Waals surface area contributed by atoms with Crippen LogP contribution in [0.1, 0.15) is 36.5 Å². The molecule has 0 fully saturated rings. The van der Waals surface area contributed by atoms with E-state index in [0.29, 0.717) is 5.92 Å². The van der Waals surface area contributed by atoms with E-state index in [-0.39, 0.29) is 0 Å². The molecule has 1 heterocycles. The number of nitrogens with one attached hydrogen (secondary N) is 1. The third kappa shape index (κ3) is 4.11. The number of aromatic nitrogens is 1. The fourth-order valence-corrected chi connectivity index (χ4v) is 3.37. The van der Waals surface area contributed by atoms with E-state index >= 15 is 0 Å². The van der Waals surface area contributed by atoms with E-state index in [4.69, 9.17) is 4.74 Å². The molecular formula is C21H23N3OS. The Balaban J connectivity index is 1.75. The molecule has 0 bridgehead atoms. The molecule has 0 atom stereocenters. The number of aryl methyl sites for hydroxylation is 1. The summed E-state index contributed by atoms with van der Waals surface area (Å²) in [6.07, 6.45) is 1.84. The third-order valence-electron chi connectivity index (χ3n) is 4.18. The molecule has 3 aromatic rings. The maximum absolute atomic E-state index is 5.49. The summed E-state index contributed by atoms with van der Waals surface area (Å²) >= 11 is 1.54. The van der Waals surface area contributed by atoms with E-state index in [1.807, 2.05) is 29.8 Å². The summed E-state index contributed by atoms with van der Waals surface area (Å²) in [5.74, 6) is 1.31. The Morgan fingerprint density at radius 1 is 1.19 bits per heavy atom. The molecule has 0 saturated heterocycles. The summed E-state index contributed by atoms with van der Waals surface area (Å²) in [7, 11) is 1.71. The Bertz CT molecular complexity index is 901. The molecular weight excluding hydrogens is 342 g/mol. The van der Waals surface area contributed by atoms with Crippen molar-refractivity contribution in [3.63, 3.8) is 0 Å². The van der Waals surface area contributed by atoms with Gasteiger partial charge in [0.2, 0.25) is 5.13 Å². The van der Waals surface area contributed by atoms with Crippen molar-refractivity contribution in [1.82, 2.24) is 4.98 Å². The van der Waals surface area contributed by atoms with E-state index in [2.05, 4.69) is 60.5 Å². The van der Waals surface area contributed by atoms with Crippen molar-refractivity contribution in [3.05, 3.63) is 64.5 Å². The molecule has 3 rings (SSSR count). The highest BCUT2D eigenvalue weighted by molar-refractivity contribution is 7.14. The molecule has 1 N–H and O–H groups in total. The van der Waals surface area contributed by atoms with Crippen LogP contribution in [0.5, 0.6) is 5.75 Å². The largest absolute Gasteiger partial charge is 0.496 e. The molecule has 1 aromatic heterocycles. The first-order valence-electron chi connectivity index (χ1n) is 8.57. The van der Waals surface area contributed by atoms with Gasteiger partial charge in [-0.15, -0.1) is 11.3 Å². The van der Waals surface area contributed by atoms with Gasteiger partial charge in [-0.1, -0.05) is 44.2 Å². The van der Waals surface area contributed by atoms with Gasteiger partial charge >= 0.3 is 0 Å². The molecule has 2 aromatic carbocycles. The topological polar surface area (TPSA) is 46.5 Å². The smallest absolute Gasteiger partial charge is 0.203 e. The molecule has 5 heteroatoms. The van der Waals surface area contributed by atoms with Crippen molar-refractivity contribution in [2.45, 2.75) is 26.7 Å². The van der Waals surface area contributed by atoms with Crippen molar-refractivity contribution in [2.75, 3.05) is 12.5 Å². The maximum atomic E-state index is 5.49. The average molecular weight is 366 g/mol. The van der Waals surface area contributed by atoms with Gasteiger partial charge in [0, 0.05) is 10.9 Å². The predicted molar refractivity (Wildman–Crippen MR) is 111 cm³/mol. The zero-order valence-corrected chi connectivity index (χ0v) is 16.3. The van der Waals surface area contributed by atoms with Gasteiger partial charge in [-0.2, -0.15) is 5.10 Å². The molecule has 4 nitrogen and oxygen atoms in total. The number of hydrogen-bond acceptors (Lipinski definition) is 5. The number of methoxy groups -OCH3 is 1. The van der Waals surface area contributed by atoms with Gasteiger partial charge in [0.25, 0.3) is 0 Å². The van der Waals surface area contributed by atoms with Crippen molar-refractivity contribution < 1.29 is 4.74 Å². The first kappa shape index (κ1) is 18.1. The summed E-state index contributed by atoms with van der Waals surface area (Å²) in [5.41, 5.74) is 8.47. The summed E-state index contributed by atoms with van der Waals surface area (Å²) in [6, 6.07) is 14.3. The highest BCUT2D eigenvalue weighted by atomic mass is 32.1. The summed E-state index contributed by atoms with van der Waals surface area (Å²) in [4.78, 5) is 4.58. The molecule has 0 spiro atoms. The minimum atomic E-state index is 0.387. The van der Waals surface area contributed by atoms with Crippen LogP contribution in [0.3, 0.4) is 0 Å². The standard InChI is InChI=1S/C21H23N3OS/c1-14(2)18-11-17(15(3)10-20(18)25-4)12-22-24-21-23-19(13-26-21)16-8-6-5-7-9-16/h5-14H,1-4H3,(H,23,24). The van der Waals surface area contributed by atoms with Crippen LogP contribution >= 0.6 is 11.3 Å². The first-order valence-corrected chi connectivity index (χ1v) is 9.45. The second-order valence-electron chi connectivity index (χ2n) is 6.38. The quantitative estimate of drug-likeness (QED) is 0.450. The number of anilines is 1. The van der Waals surface area contributed by atoms with Crippen LogP contribution < -0.4 is 10.2 Å². The Morgan fingerprint density at radius 3 is 2.65 bits per heavy atom. The Labute approximate surface area is 158 Å². The predicted octanol–water partition coefficient (Wildman–Crippen LogP) is 5.70. The number of hydrogen-bond donors (Lipinski definition) is 1. The lowest BCUT2D eigenvalue weighted by molar-refractivity contribution is 0.407. The molecule has 134 valence electrons. The molecule has 0 amide bonds. The highest BCUT2D eigenvalue weighted by Gasteiger charge is 2.10. The van der Waals surface area contributed by atoms with Gasteiger partial charge in [0.1, 0.15) is 5.75 Å². The second-order valence-corrected chi connectivity index (χ2v) is 7.24. The number of nitrogens with zero attached hydrogens (tertiary/aromatic N) is 2. The van der Waals surface area contributed by atoms with E-state index in [0.717, 1.165) is 33.3 Å². The van der Waals surface area contributed by atoms with Crippen LogP contribution in [0.4, 0.5) is 5.13 Å². The zero-order valence-electron chi connectivity index (χ0n) is 15.5. The van der Waals surface area contributed by atoms with Crippen molar-refractivity contribution in [1.29, 1.82) is 0 Å². The van der Waals surface area contributed by atoms with E-state index in [1.165, 1.54) is 5.56 Å². The fourth-order valence-electron chi connectivity index (χ4n) is 2.71. The molecule has 0 aliphatic rings. The van der Waals surface area contributed by atoms with Crippen LogP contribution in [0.25, 0.3) is 11.3 Å². The molecule has 0 saturated carbocycles. The fraction of sp³-hybridized carbons (Fsp3) is 0.238. The van der Waals surface area contributed by atoms with Crippen LogP contribution in [0, 0.1) is 6.92 Å². The van der Waals surface area contributed by atoms with Gasteiger partial charge in [-0.05, 0) is 41.7 Å². The normalized spacial score (nSPS) is 11.3. The number of rotatable bonds is 6. The number of ether oxygens (including phenoxy) is 1. The van der Waals surface area contributed by atoms with Crippen LogP contribution in [-0.4, -0.2) is 18.3 Å². The zero-order chi connectivity index (χ0) is 18.5. The number of thiazole rings is 1. The second kappa shape index (κ2) is 8.15. The minimum absolute atomic E-state index is 0.387. The first-order chi connectivity index (χ1) is 12.6. The van der Waals surface area contributed by atoms with Gasteiger partial charge < -0.3 is 4.74 Å². The number of benzene rings is 2.